The summed E-state index contributed by atoms with van der Waals surface area (Å²) in [6.07, 6.45) is 0. The minimum absolute atomic E-state index is 0.169. The van der Waals surface area contributed by atoms with Crippen molar-refractivity contribution < 1.29 is 19.1 Å². The number of carbonyl (C=O) groups is 2. The van der Waals surface area contributed by atoms with E-state index in [2.05, 4.69) is 0 Å². The summed E-state index contributed by atoms with van der Waals surface area (Å²) in [6.45, 7) is 0. The third-order valence-electron chi connectivity index (χ3n) is 7.26. The van der Waals surface area contributed by atoms with Gasteiger partial charge in [0.15, 0.2) is 5.78 Å². The Hall–Kier alpha value is -4.64. The molecule has 0 aliphatic carbocycles. The topological polar surface area (TPSA) is 55.8 Å². The SMILES string of the molecule is COc1ccc(C2C(C(=O)c3ccccc3)=C(c3ccccc3)OC23C(=O)N(C)c2ccccc23)cc1. The van der Waals surface area contributed by atoms with Gasteiger partial charge in [-0.25, -0.2) is 0 Å². The molecule has 1 spiro atoms. The summed E-state index contributed by atoms with van der Waals surface area (Å²) in [5, 5.41) is 0. The van der Waals surface area contributed by atoms with Crippen LogP contribution in [-0.4, -0.2) is 25.8 Å². The lowest BCUT2D eigenvalue weighted by Crippen LogP contribution is -2.43. The molecule has 2 aliphatic heterocycles. The average Bonchev–Trinajstić information content (AvgIpc) is 3.43. The Morgan fingerprint density at radius 2 is 1.46 bits per heavy atom. The van der Waals surface area contributed by atoms with Crippen LogP contribution in [-0.2, 0) is 15.1 Å². The van der Waals surface area contributed by atoms with Crippen LogP contribution in [0.25, 0.3) is 5.76 Å². The number of fused-ring (bicyclic) bond motifs is 2. The van der Waals surface area contributed by atoms with Crippen molar-refractivity contribution in [2.75, 3.05) is 19.1 Å². The van der Waals surface area contributed by atoms with Gasteiger partial charge in [-0.15, -0.1) is 0 Å². The van der Waals surface area contributed by atoms with E-state index in [1.165, 1.54) is 0 Å². The zero-order valence-electron chi connectivity index (χ0n) is 20.5. The number of ether oxygens (including phenoxy) is 2. The van der Waals surface area contributed by atoms with Crippen molar-refractivity contribution in [1.29, 1.82) is 0 Å². The molecule has 0 aromatic heterocycles. The molecule has 1 amide bonds. The number of hydrogen-bond donors (Lipinski definition) is 0. The molecule has 37 heavy (non-hydrogen) atoms. The molecule has 2 unspecified atom stereocenters. The third-order valence-corrected chi connectivity index (χ3v) is 7.26. The highest BCUT2D eigenvalue weighted by Gasteiger charge is 2.63. The highest BCUT2D eigenvalue weighted by atomic mass is 16.5. The highest BCUT2D eigenvalue weighted by molar-refractivity contribution is 6.18. The van der Waals surface area contributed by atoms with Gasteiger partial charge in [0.05, 0.1) is 24.3 Å². The normalized spacial score (nSPS) is 20.2. The maximum Gasteiger partial charge on any atom is 0.276 e. The molecule has 5 nitrogen and oxygen atoms in total. The van der Waals surface area contributed by atoms with Crippen molar-refractivity contribution in [3.05, 3.63) is 137 Å². The summed E-state index contributed by atoms with van der Waals surface area (Å²) in [4.78, 5) is 30.1. The quantitative estimate of drug-likeness (QED) is 0.325. The van der Waals surface area contributed by atoms with E-state index in [-0.39, 0.29) is 11.7 Å². The summed E-state index contributed by atoms with van der Waals surface area (Å²) in [5.74, 6) is 0.0552. The molecule has 182 valence electrons. The van der Waals surface area contributed by atoms with Gasteiger partial charge < -0.3 is 14.4 Å². The van der Waals surface area contributed by atoms with Gasteiger partial charge in [0.1, 0.15) is 11.5 Å². The fourth-order valence-corrected chi connectivity index (χ4v) is 5.52. The molecule has 0 fully saturated rings. The lowest BCUT2D eigenvalue weighted by molar-refractivity contribution is -0.135. The van der Waals surface area contributed by atoms with Gasteiger partial charge in [-0.1, -0.05) is 91.0 Å². The maximum atomic E-state index is 14.3. The largest absolute Gasteiger partial charge is 0.497 e. The number of carbonyl (C=O) groups excluding carboxylic acids is 2. The molecule has 0 saturated carbocycles. The van der Waals surface area contributed by atoms with Crippen LogP contribution in [0, 0.1) is 0 Å². The number of benzene rings is 4. The van der Waals surface area contributed by atoms with Crippen LogP contribution in [0.5, 0.6) is 5.75 Å². The number of amides is 1. The van der Waals surface area contributed by atoms with Crippen molar-refractivity contribution in [2.45, 2.75) is 11.5 Å². The minimum atomic E-state index is -1.43. The molecule has 2 heterocycles. The van der Waals surface area contributed by atoms with Crippen LogP contribution in [0.3, 0.4) is 0 Å². The Balaban J connectivity index is 1.67. The fraction of sp³-hybridized carbons (Fsp3) is 0.125. The lowest BCUT2D eigenvalue weighted by atomic mass is 9.73. The number of Topliss-reactive ketones (excluding diaryl/α,β-unsaturated/α-hetero) is 1. The van der Waals surface area contributed by atoms with Crippen LogP contribution in [0.2, 0.25) is 0 Å². The molecule has 4 aromatic carbocycles. The molecule has 4 aromatic rings. The number of rotatable bonds is 5. The van der Waals surface area contributed by atoms with E-state index in [9.17, 15) is 9.59 Å². The second-order valence-electron chi connectivity index (χ2n) is 9.23. The molecule has 0 radical (unpaired) electrons. The van der Waals surface area contributed by atoms with Gasteiger partial charge >= 0.3 is 0 Å². The second kappa shape index (κ2) is 8.79. The molecule has 0 bridgehead atoms. The van der Waals surface area contributed by atoms with E-state index in [0.717, 1.165) is 22.4 Å². The first-order valence-electron chi connectivity index (χ1n) is 12.2. The molecular weight excluding hydrogens is 462 g/mol. The predicted molar refractivity (Wildman–Crippen MR) is 142 cm³/mol. The number of ketones is 1. The van der Waals surface area contributed by atoms with Crippen molar-refractivity contribution in [1.82, 2.24) is 0 Å². The third kappa shape index (κ3) is 3.39. The Morgan fingerprint density at radius 1 is 0.838 bits per heavy atom. The van der Waals surface area contributed by atoms with E-state index < -0.39 is 11.5 Å². The highest BCUT2D eigenvalue weighted by Crippen LogP contribution is 2.60. The molecular formula is C32H25NO4. The van der Waals surface area contributed by atoms with Crippen molar-refractivity contribution >= 4 is 23.1 Å². The van der Waals surface area contributed by atoms with E-state index in [1.54, 1.807) is 31.2 Å². The fourth-order valence-electron chi connectivity index (χ4n) is 5.52. The Labute approximate surface area is 215 Å². The summed E-state index contributed by atoms with van der Waals surface area (Å²) >= 11 is 0. The van der Waals surface area contributed by atoms with Crippen molar-refractivity contribution in [3.63, 3.8) is 0 Å². The molecule has 5 heteroatoms. The zero-order valence-corrected chi connectivity index (χ0v) is 20.5. The van der Waals surface area contributed by atoms with Crippen LogP contribution in [0.4, 0.5) is 5.69 Å². The first kappa shape index (κ1) is 22.8. The number of hydrogen-bond acceptors (Lipinski definition) is 4. The van der Waals surface area contributed by atoms with Gasteiger partial charge in [0.25, 0.3) is 5.91 Å². The standard InChI is InChI=1S/C32H25NO4/c1-33-26-16-10-9-15-25(26)32(31(33)35)28(21-17-19-24(36-2)20-18-21)27(29(34)22-11-5-3-6-12-22)30(37-32)23-13-7-4-8-14-23/h3-20,28H,1-2H3. The number of likely N-dealkylation sites (N-methyl/N-ethyl adjacent to an activating group) is 1. The molecule has 2 aliphatic rings. The summed E-state index contributed by atoms with van der Waals surface area (Å²) in [6, 6.07) is 33.9. The van der Waals surface area contributed by atoms with E-state index >= 15 is 0 Å². The monoisotopic (exact) mass is 487 g/mol. The van der Waals surface area contributed by atoms with Crippen LogP contribution >= 0.6 is 0 Å². The number of methoxy groups -OCH3 is 1. The number of nitrogens with zero attached hydrogens (tertiary/aromatic N) is 1. The van der Waals surface area contributed by atoms with Crippen LogP contribution in [0.1, 0.15) is 33.0 Å². The van der Waals surface area contributed by atoms with Crippen molar-refractivity contribution in [3.8, 4) is 5.75 Å². The van der Waals surface area contributed by atoms with E-state index in [4.69, 9.17) is 9.47 Å². The van der Waals surface area contributed by atoms with Crippen molar-refractivity contribution in [2.24, 2.45) is 0 Å². The van der Waals surface area contributed by atoms with Gasteiger partial charge in [-0.05, 0) is 23.8 Å². The van der Waals surface area contributed by atoms with E-state index in [0.29, 0.717) is 22.6 Å². The van der Waals surface area contributed by atoms with Gasteiger partial charge in [-0.2, -0.15) is 0 Å². The van der Waals surface area contributed by atoms with E-state index in [1.807, 2.05) is 97.1 Å². The zero-order chi connectivity index (χ0) is 25.6. The maximum absolute atomic E-state index is 14.3. The number of para-hydroxylation sites is 1. The first-order chi connectivity index (χ1) is 18.1. The molecule has 0 N–H and O–H groups in total. The number of anilines is 1. The Morgan fingerprint density at radius 3 is 2.14 bits per heavy atom. The Kier molecular flexibility index (Phi) is 5.41. The molecule has 0 saturated heterocycles. The van der Waals surface area contributed by atoms with Gasteiger partial charge in [0.2, 0.25) is 5.60 Å². The molecule has 2 atom stereocenters. The summed E-state index contributed by atoms with van der Waals surface area (Å²) in [7, 11) is 3.36. The lowest BCUT2D eigenvalue weighted by Gasteiger charge is -2.31. The molecule has 6 rings (SSSR count). The van der Waals surface area contributed by atoms with Crippen LogP contribution in [0.15, 0.2) is 115 Å². The summed E-state index contributed by atoms with van der Waals surface area (Å²) in [5.41, 5.74) is 2.63. The Bertz CT molecular complexity index is 1530. The summed E-state index contributed by atoms with van der Waals surface area (Å²) < 4.78 is 12.2. The predicted octanol–water partition coefficient (Wildman–Crippen LogP) is 5.98. The van der Waals surface area contributed by atoms with Crippen LogP contribution < -0.4 is 9.64 Å². The average molecular weight is 488 g/mol. The first-order valence-corrected chi connectivity index (χ1v) is 12.2. The second-order valence-corrected chi connectivity index (χ2v) is 9.23. The minimum Gasteiger partial charge on any atom is -0.497 e. The van der Waals surface area contributed by atoms with Gasteiger partial charge in [-0.3, -0.25) is 9.59 Å². The van der Waals surface area contributed by atoms with Gasteiger partial charge in [0, 0.05) is 23.7 Å². The smallest absolute Gasteiger partial charge is 0.276 e.